The van der Waals surface area contributed by atoms with Gasteiger partial charge >= 0.3 is 0 Å². The minimum absolute atomic E-state index is 0.255. The van der Waals surface area contributed by atoms with Gasteiger partial charge in [-0.3, -0.25) is 0 Å². The molecule has 15 heavy (non-hydrogen) atoms. The zero-order valence-corrected chi connectivity index (χ0v) is 10.2. The summed E-state index contributed by atoms with van der Waals surface area (Å²) in [4.78, 5) is 2.30. The second-order valence-corrected chi connectivity index (χ2v) is 4.14. The Hall–Kier alpha value is -0.160. The fourth-order valence-electron chi connectivity index (χ4n) is 1.79. The van der Waals surface area contributed by atoms with E-state index in [0.717, 1.165) is 39.3 Å². The normalized spacial score (nSPS) is 25.4. The summed E-state index contributed by atoms with van der Waals surface area (Å²) in [6.07, 6.45) is 1.33. The lowest BCUT2D eigenvalue weighted by atomic mass is 10.1. The maximum atomic E-state index is 5.75. The number of nitrogens with zero attached hydrogens (tertiary/aromatic N) is 1. The highest BCUT2D eigenvalue weighted by molar-refractivity contribution is 4.80. The third kappa shape index (κ3) is 4.47. The Morgan fingerprint density at radius 2 is 2.40 bits per heavy atom. The molecular weight excluding hydrogens is 192 g/mol. The Labute approximate surface area is 92.9 Å². The molecule has 90 valence electrons. The van der Waals surface area contributed by atoms with Crippen molar-refractivity contribution < 1.29 is 9.47 Å². The Kier molecular flexibility index (Phi) is 6.17. The highest BCUT2D eigenvalue weighted by Crippen LogP contribution is 2.07. The summed E-state index contributed by atoms with van der Waals surface area (Å²) < 4.78 is 11.3. The van der Waals surface area contributed by atoms with Gasteiger partial charge in [0.25, 0.3) is 0 Å². The molecule has 1 N–H and O–H groups in total. The molecule has 1 heterocycles. The van der Waals surface area contributed by atoms with E-state index < -0.39 is 0 Å². The molecule has 0 radical (unpaired) electrons. The summed E-state index contributed by atoms with van der Waals surface area (Å²) in [7, 11) is 4.10. The van der Waals surface area contributed by atoms with Crippen molar-refractivity contribution in [3.63, 3.8) is 0 Å². The van der Waals surface area contributed by atoms with Gasteiger partial charge in [0.1, 0.15) is 0 Å². The van der Waals surface area contributed by atoms with E-state index in [1.807, 2.05) is 7.05 Å². The van der Waals surface area contributed by atoms with Gasteiger partial charge in [0.2, 0.25) is 0 Å². The van der Waals surface area contributed by atoms with Gasteiger partial charge < -0.3 is 19.7 Å². The first-order valence-electron chi connectivity index (χ1n) is 5.83. The molecule has 0 aromatic carbocycles. The van der Waals surface area contributed by atoms with Crippen molar-refractivity contribution in [3.05, 3.63) is 0 Å². The average molecular weight is 216 g/mol. The molecule has 2 unspecified atom stereocenters. The molecule has 1 fully saturated rings. The van der Waals surface area contributed by atoms with Gasteiger partial charge in [-0.05, 0) is 20.5 Å². The Morgan fingerprint density at radius 3 is 3.00 bits per heavy atom. The number of ether oxygens (including phenoxy) is 2. The standard InChI is InChI=1S/C11H24N2O2/c1-4-6-14-9-10(12-2)11-8-13(3)5-7-15-11/h10-12H,4-9H2,1-3H3. The quantitative estimate of drug-likeness (QED) is 0.649. The van der Waals surface area contributed by atoms with Gasteiger partial charge in [0.05, 0.1) is 25.4 Å². The first-order chi connectivity index (χ1) is 7.27. The van der Waals surface area contributed by atoms with Crippen LogP contribution in [0.4, 0.5) is 0 Å². The molecule has 0 amide bonds. The van der Waals surface area contributed by atoms with Crippen LogP contribution in [0, 0.1) is 0 Å². The fraction of sp³-hybridized carbons (Fsp3) is 1.00. The van der Waals surface area contributed by atoms with Crippen LogP contribution in [0.25, 0.3) is 0 Å². The van der Waals surface area contributed by atoms with Crippen molar-refractivity contribution >= 4 is 0 Å². The summed E-state index contributed by atoms with van der Waals surface area (Å²) in [5.74, 6) is 0. The maximum Gasteiger partial charge on any atom is 0.0877 e. The first-order valence-corrected chi connectivity index (χ1v) is 5.83. The number of rotatable bonds is 6. The highest BCUT2D eigenvalue weighted by Gasteiger charge is 2.25. The average Bonchev–Trinajstić information content (AvgIpc) is 2.24. The largest absolute Gasteiger partial charge is 0.380 e. The molecule has 0 aromatic heterocycles. The summed E-state index contributed by atoms with van der Waals surface area (Å²) in [6, 6.07) is 0.305. The fourth-order valence-corrected chi connectivity index (χ4v) is 1.79. The summed E-state index contributed by atoms with van der Waals surface area (Å²) >= 11 is 0. The molecule has 2 atom stereocenters. The predicted octanol–water partition coefficient (Wildman–Crippen LogP) is 0.332. The molecule has 1 saturated heterocycles. The van der Waals surface area contributed by atoms with Crippen molar-refractivity contribution in [1.29, 1.82) is 0 Å². The van der Waals surface area contributed by atoms with Crippen molar-refractivity contribution in [2.24, 2.45) is 0 Å². The van der Waals surface area contributed by atoms with E-state index in [9.17, 15) is 0 Å². The minimum Gasteiger partial charge on any atom is -0.380 e. The molecule has 4 heteroatoms. The van der Waals surface area contributed by atoms with Crippen LogP contribution in [0.2, 0.25) is 0 Å². The van der Waals surface area contributed by atoms with Crippen molar-refractivity contribution in [2.75, 3.05) is 47.0 Å². The second kappa shape index (κ2) is 7.17. The summed E-state index contributed by atoms with van der Waals surface area (Å²) in [5, 5.41) is 3.27. The van der Waals surface area contributed by atoms with E-state index in [1.165, 1.54) is 0 Å². The first kappa shape index (κ1) is 12.9. The molecule has 4 nitrogen and oxygen atoms in total. The van der Waals surface area contributed by atoms with Crippen LogP contribution in [0.1, 0.15) is 13.3 Å². The van der Waals surface area contributed by atoms with Crippen LogP contribution in [-0.4, -0.2) is 64.1 Å². The van der Waals surface area contributed by atoms with E-state index in [2.05, 4.69) is 24.2 Å². The zero-order valence-electron chi connectivity index (χ0n) is 10.2. The van der Waals surface area contributed by atoms with E-state index in [4.69, 9.17) is 9.47 Å². The minimum atomic E-state index is 0.255. The maximum absolute atomic E-state index is 5.75. The van der Waals surface area contributed by atoms with Gasteiger partial charge in [0.15, 0.2) is 0 Å². The third-order valence-electron chi connectivity index (χ3n) is 2.76. The Morgan fingerprint density at radius 1 is 1.60 bits per heavy atom. The topological polar surface area (TPSA) is 33.7 Å². The number of hydrogen-bond acceptors (Lipinski definition) is 4. The number of nitrogens with one attached hydrogen (secondary N) is 1. The number of hydrogen-bond donors (Lipinski definition) is 1. The van der Waals surface area contributed by atoms with Crippen molar-refractivity contribution in [3.8, 4) is 0 Å². The van der Waals surface area contributed by atoms with E-state index in [-0.39, 0.29) is 6.10 Å². The highest BCUT2D eigenvalue weighted by atomic mass is 16.5. The lowest BCUT2D eigenvalue weighted by Crippen LogP contribution is -2.52. The Bertz CT molecular complexity index is 167. The molecule has 1 aliphatic rings. The molecule has 0 aromatic rings. The third-order valence-corrected chi connectivity index (χ3v) is 2.76. The van der Waals surface area contributed by atoms with Crippen LogP contribution in [0.3, 0.4) is 0 Å². The van der Waals surface area contributed by atoms with Gasteiger partial charge in [-0.25, -0.2) is 0 Å². The monoisotopic (exact) mass is 216 g/mol. The molecule has 1 aliphatic heterocycles. The van der Waals surface area contributed by atoms with Crippen LogP contribution in [-0.2, 0) is 9.47 Å². The molecule has 0 spiro atoms. The number of likely N-dealkylation sites (N-methyl/N-ethyl adjacent to an activating group) is 2. The Balaban J connectivity index is 2.29. The lowest BCUT2D eigenvalue weighted by Gasteiger charge is -2.34. The molecular formula is C11H24N2O2. The van der Waals surface area contributed by atoms with Crippen molar-refractivity contribution in [2.45, 2.75) is 25.5 Å². The van der Waals surface area contributed by atoms with Gasteiger partial charge in [-0.15, -0.1) is 0 Å². The van der Waals surface area contributed by atoms with E-state index in [1.54, 1.807) is 0 Å². The summed E-state index contributed by atoms with van der Waals surface area (Å²) in [6.45, 7) is 6.54. The second-order valence-electron chi connectivity index (χ2n) is 4.14. The van der Waals surface area contributed by atoms with Gasteiger partial charge in [0, 0.05) is 19.7 Å². The zero-order chi connectivity index (χ0) is 11.1. The molecule has 1 rings (SSSR count). The van der Waals surface area contributed by atoms with Crippen LogP contribution in [0.5, 0.6) is 0 Å². The summed E-state index contributed by atoms with van der Waals surface area (Å²) in [5.41, 5.74) is 0. The number of morpholine rings is 1. The van der Waals surface area contributed by atoms with Crippen LogP contribution in [0.15, 0.2) is 0 Å². The van der Waals surface area contributed by atoms with Gasteiger partial charge in [-0.2, -0.15) is 0 Å². The smallest absolute Gasteiger partial charge is 0.0877 e. The SMILES string of the molecule is CCCOCC(NC)C1CN(C)CCO1. The molecule has 0 aliphatic carbocycles. The lowest BCUT2D eigenvalue weighted by molar-refractivity contribution is -0.0535. The van der Waals surface area contributed by atoms with E-state index >= 15 is 0 Å². The van der Waals surface area contributed by atoms with E-state index in [0.29, 0.717) is 6.04 Å². The van der Waals surface area contributed by atoms with Gasteiger partial charge in [-0.1, -0.05) is 6.92 Å². The van der Waals surface area contributed by atoms with Crippen LogP contribution >= 0.6 is 0 Å². The molecule has 0 saturated carbocycles. The van der Waals surface area contributed by atoms with Crippen LogP contribution < -0.4 is 5.32 Å². The predicted molar refractivity (Wildman–Crippen MR) is 61.2 cm³/mol. The molecule has 0 bridgehead atoms. The van der Waals surface area contributed by atoms with Crippen molar-refractivity contribution in [1.82, 2.24) is 10.2 Å².